The standard InChI is InChI=1S/C12H23N5/c1-4-6-7-14-11-10(13)12(16-8-15-11)17-9(3)5-2/h8-9H,4-7,13H2,1-3H3,(H2,14,15,16,17). The fourth-order valence-corrected chi connectivity index (χ4v) is 1.37. The Hall–Kier alpha value is -1.52. The molecule has 0 aromatic carbocycles. The summed E-state index contributed by atoms with van der Waals surface area (Å²) in [5.74, 6) is 1.44. The minimum absolute atomic E-state index is 0.357. The van der Waals surface area contributed by atoms with Crippen molar-refractivity contribution in [2.45, 2.75) is 46.1 Å². The van der Waals surface area contributed by atoms with Crippen LogP contribution >= 0.6 is 0 Å². The first-order valence-corrected chi connectivity index (χ1v) is 6.29. The summed E-state index contributed by atoms with van der Waals surface area (Å²) >= 11 is 0. The molecule has 0 aliphatic rings. The summed E-state index contributed by atoms with van der Waals surface area (Å²) in [6.07, 6.45) is 4.82. The van der Waals surface area contributed by atoms with E-state index in [-0.39, 0.29) is 0 Å². The summed E-state index contributed by atoms with van der Waals surface area (Å²) < 4.78 is 0. The third-order valence-corrected chi connectivity index (χ3v) is 2.70. The molecular weight excluding hydrogens is 214 g/mol. The number of rotatable bonds is 7. The second-order valence-corrected chi connectivity index (χ2v) is 4.22. The summed E-state index contributed by atoms with van der Waals surface area (Å²) in [4.78, 5) is 8.32. The fourth-order valence-electron chi connectivity index (χ4n) is 1.37. The minimum atomic E-state index is 0.357. The van der Waals surface area contributed by atoms with Crippen LogP contribution < -0.4 is 16.4 Å². The molecule has 0 radical (unpaired) electrons. The summed E-state index contributed by atoms with van der Waals surface area (Å²) in [6, 6.07) is 0.357. The van der Waals surface area contributed by atoms with Crippen LogP contribution in [0.3, 0.4) is 0 Å². The lowest BCUT2D eigenvalue weighted by Crippen LogP contribution is -2.17. The van der Waals surface area contributed by atoms with Crippen LogP contribution in [0.5, 0.6) is 0 Å². The van der Waals surface area contributed by atoms with Crippen molar-refractivity contribution in [1.82, 2.24) is 9.97 Å². The van der Waals surface area contributed by atoms with Crippen LogP contribution in [0.4, 0.5) is 17.3 Å². The van der Waals surface area contributed by atoms with Gasteiger partial charge in [-0.2, -0.15) is 0 Å². The van der Waals surface area contributed by atoms with Crippen LogP contribution in [0, 0.1) is 0 Å². The summed E-state index contributed by atoms with van der Waals surface area (Å²) in [7, 11) is 0. The van der Waals surface area contributed by atoms with E-state index in [0.29, 0.717) is 17.5 Å². The van der Waals surface area contributed by atoms with Gasteiger partial charge in [-0.1, -0.05) is 20.3 Å². The molecule has 1 unspecified atom stereocenters. The normalized spacial score (nSPS) is 12.2. The van der Waals surface area contributed by atoms with Gasteiger partial charge in [-0.15, -0.1) is 0 Å². The number of nitrogens with zero attached hydrogens (tertiary/aromatic N) is 2. The van der Waals surface area contributed by atoms with Crippen LogP contribution in [-0.2, 0) is 0 Å². The van der Waals surface area contributed by atoms with E-state index in [4.69, 9.17) is 5.73 Å². The molecule has 0 amide bonds. The topological polar surface area (TPSA) is 75.9 Å². The maximum atomic E-state index is 6.02. The number of nitrogen functional groups attached to an aromatic ring is 1. The number of hydrogen-bond acceptors (Lipinski definition) is 5. The van der Waals surface area contributed by atoms with Crippen LogP contribution in [0.1, 0.15) is 40.0 Å². The first-order chi connectivity index (χ1) is 8.19. The largest absolute Gasteiger partial charge is 0.393 e. The molecular formula is C12H23N5. The minimum Gasteiger partial charge on any atom is -0.393 e. The van der Waals surface area contributed by atoms with E-state index in [2.05, 4.69) is 41.4 Å². The highest BCUT2D eigenvalue weighted by atomic mass is 15.1. The van der Waals surface area contributed by atoms with Gasteiger partial charge in [-0.25, -0.2) is 9.97 Å². The molecule has 5 nitrogen and oxygen atoms in total. The van der Waals surface area contributed by atoms with Crippen LogP contribution in [0.25, 0.3) is 0 Å². The fraction of sp³-hybridized carbons (Fsp3) is 0.667. The van der Waals surface area contributed by atoms with Gasteiger partial charge in [0.15, 0.2) is 11.6 Å². The van der Waals surface area contributed by atoms with E-state index in [1.165, 1.54) is 6.33 Å². The van der Waals surface area contributed by atoms with Gasteiger partial charge >= 0.3 is 0 Å². The van der Waals surface area contributed by atoms with E-state index >= 15 is 0 Å². The number of anilines is 3. The summed E-state index contributed by atoms with van der Waals surface area (Å²) in [5.41, 5.74) is 6.62. The number of unbranched alkanes of at least 4 members (excludes halogenated alkanes) is 1. The van der Waals surface area contributed by atoms with Crippen molar-refractivity contribution >= 4 is 17.3 Å². The second kappa shape index (κ2) is 6.93. The lowest BCUT2D eigenvalue weighted by atomic mass is 10.2. The molecule has 1 heterocycles. The average Bonchev–Trinajstić information content (AvgIpc) is 2.34. The number of nitrogens with two attached hydrogens (primary N) is 1. The predicted molar refractivity (Wildman–Crippen MR) is 73.2 cm³/mol. The molecule has 4 N–H and O–H groups in total. The molecule has 0 bridgehead atoms. The predicted octanol–water partition coefficient (Wildman–Crippen LogP) is 2.48. The second-order valence-electron chi connectivity index (χ2n) is 4.22. The van der Waals surface area contributed by atoms with Crippen molar-refractivity contribution in [3.05, 3.63) is 6.33 Å². The van der Waals surface area contributed by atoms with Gasteiger partial charge in [0.05, 0.1) is 0 Å². The Morgan fingerprint density at radius 3 is 2.65 bits per heavy atom. The summed E-state index contributed by atoms with van der Waals surface area (Å²) in [5, 5.41) is 6.50. The number of hydrogen-bond donors (Lipinski definition) is 3. The highest BCUT2D eigenvalue weighted by molar-refractivity contribution is 5.74. The van der Waals surface area contributed by atoms with E-state index in [9.17, 15) is 0 Å². The molecule has 0 fully saturated rings. The molecule has 0 saturated carbocycles. The zero-order valence-corrected chi connectivity index (χ0v) is 11.0. The molecule has 1 rings (SSSR count). The van der Waals surface area contributed by atoms with Crippen molar-refractivity contribution in [2.24, 2.45) is 0 Å². The van der Waals surface area contributed by atoms with E-state index in [0.717, 1.165) is 31.6 Å². The molecule has 5 heteroatoms. The van der Waals surface area contributed by atoms with Crippen LogP contribution in [0.2, 0.25) is 0 Å². The lowest BCUT2D eigenvalue weighted by Gasteiger charge is -2.15. The van der Waals surface area contributed by atoms with Gasteiger partial charge in [0.1, 0.15) is 12.0 Å². The van der Waals surface area contributed by atoms with Crippen LogP contribution in [-0.4, -0.2) is 22.6 Å². The van der Waals surface area contributed by atoms with Crippen molar-refractivity contribution in [3.63, 3.8) is 0 Å². The third-order valence-electron chi connectivity index (χ3n) is 2.70. The first kappa shape index (κ1) is 13.5. The molecule has 1 atom stereocenters. The smallest absolute Gasteiger partial charge is 0.155 e. The number of nitrogens with one attached hydrogen (secondary N) is 2. The molecule has 17 heavy (non-hydrogen) atoms. The number of aromatic nitrogens is 2. The van der Waals surface area contributed by atoms with Gasteiger partial charge in [-0.05, 0) is 19.8 Å². The maximum Gasteiger partial charge on any atom is 0.155 e. The van der Waals surface area contributed by atoms with Gasteiger partial charge < -0.3 is 16.4 Å². The highest BCUT2D eigenvalue weighted by Crippen LogP contribution is 2.23. The molecule has 0 aliphatic carbocycles. The average molecular weight is 237 g/mol. The molecule has 96 valence electrons. The SMILES string of the molecule is CCCCNc1ncnc(NC(C)CC)c1N. The highest BCUT2D eigenvalue weighted by Gasteiger charge is 2.09. The van der Waals surface area contributed by atoms with Gasteiger partial charge in [-0.3, -0.25) is 0 Å². The Labute approximate surface area is 103 Å². The quantitative estimate of drug-likeness (QED) is 0.635. The van der Waals surface area contributed by atoms with Crippen molar-refractivity contribution in [3.8, 4) is 0 Å². The maximum absolute atomic E-state index is 6.02. The van der Waals surface area contributed by atoms with E-state index in [1.807, 2.05) is 0 Å². The Morgan fingerprint density at radius 1 is 1.29 bits per heavy atom. The van der Waals surface area contributed by atoms with Crippen molar-refractivity contribution in [1.29, 1.82) is 0 Å². The van der Waals surface area contributed by atoms with Crippen LogP contribution in [0.15, 0.2) is 6.33 Å². The van der Waals surface area contributed by atoms with E-state index in [1.54, 1.807) is 0 Å². The lowest BCUT2D eigenvalue weighted by molar-refractivity contribution is 0.759. The molecule has 1 aromatic heterocycles. The monoisotopic (exact) mass is 237 g/mol. The Morgan fingerprint density at radius 2 is 2.00 bits per heavy atom. The van der Waals surface area contributed by atoms with Crippen molar-refractivity contribution in [2.75, 3.05) is 22.9 Å². The van der Waals surface area contributed by atoms with Gasteiger partial charge in [0.25, 0.3) is 0 Å². The Kier molecular flexibility index (Phi) is 5.52. The zero-order valence-electron chi connectivity index (χ0n) is 11.0. The molecule has 0 saturated heterocycles. The molecule has 0 aliphatic heterocycles. The van der Waals surface area contributed by atoms with Gasteiger partial charge in [0.2, 0.25) is 0 Å². The zero-order chi connectivity index (χ0) is 12.7. The Balaban J connectivity index is 2.69. The third kappa shape index (κ3) is 4.09. The molecule has 1 aromatic rings. The van der Waals surface area contributed by atoms with Crippen molar-refractivity contribution < 1.29 is 0 Å². The first-order valence-electron chi connectivity index (χ1n) is 6.29. The molecule has 0 spiro atoms. The Bertz CT molecular complexity index is 340. The van der Waals surface area contributed by atoms with Gasteiger partial charge in [0, 0.05) is 12.6 Å². The van der Waals surface area contributed by atoms with E-state index < -0.39 is 0 Å². The summed E-state index contributed by atoms with van der Waals surface area (Å²) in [6.45, 7) is 7.27.